The predicted molar refractivity (Wildman–Crippen MR) is 119 cm³/mol. The molecule has 0 unspecified atom stereocenters. The summed E-state index contributed by atoms with van der Waals surface area (Å²) in [5.41, 5.74) is 0.691. The lowest BCUT2D eigenvalue weighted by molar-refractivity contribution is -0.198. The van der Waals surface area contributed by atoms with E-state index in [-0.39, 0.29) is 19.0 Å². The topological polar surface area (TPSA) is 134 Å². The minimum atomic E-state index is -0.786. The van der Waals surface area contributed by atoms with Crippen molar-refractivity contribution in [1.29, 1.82) is 0 Å². The second kappa shape index (κ2) is 11.0. The van der Waals surface area contributed by atoms with Crippen LogP contribution in [0.2, 0.25) is 0 Å². The van der Waals surface area contributed by atoms with E-state index in [0.717, 1.165) is 36.0 Å². The molecule has 0 saturated carbocycles. The molecule has 1 aromatic rings. The highest BCUT2D eigenvalue weighted by atomic mass is 16.5. The zero-order chi connectivity index (χ0) is 23.9. The number of carboxylic acid groups (broad SMARTS) is 1. The summed E-state index contributed by atoms with van der Waals surface area (Å²) >= 11 is 0. The van der Waals surface area contributed by atoms with Crippen LogP contribution in [0, 0.1) is 20.8 Å². The summed E-state index contributed by atoms with van der Waals surface area (Å²) < 4.78 is 11.4. The maximum Gasteiger partial charge on any atom is 0.290 e. The first-order chi connectivity index (χ1) is 15.1. The van der Waals surface area contributed by atoms with E-state index >= 15 is 0 Å². The summed E-state index contributed by atoms with van der Waals surface area (Å²) in [6.07, 6.45) is 1.13. The Kier molecular flexibility index (Phi) is 8.94. The number of carbonyl (C=O) groups excluding carboxylic acids is 1. The molecule has 10 heteroatoms. The standard InChI is InChI=1S/C21H34N4O4.CH2O2/c1-6-28-13-17(26)24-20(5)9-12-29-21(19(20)27)7-10-25(11-8-21)18-14(2)15(3)22-16(4)23-18;2-1-3/h19,27H,6-13H2,1-5H3,(H,24,26);1H,(H,2,3)/t19-,20+;/m1./s1. The SMILES string of the molecule is CCOCC(=O)N[C@@]1(C)CCOC2(CCN(c3nc(C)nc(C)c3C)CC2)[C@@H]1O.O=CO. The lowest BCUT2D eigenvalue weighted by Gasteiger charge is -2.53. The lowest BCUT2D eigenvalue weighted by Crippen LogP contribution is -2.69. The average molecular weight is 453 g/mol. The van der Waals surface area contributed by atoms with Crippen molar-refractivity contribution in [3.8, 4) is 0 Å². The van der Waals surface area contributed by atoms with Crippen molar-refractivity contribution < 1.29 is 29.3 Å². The first-order valence-corrected chi connectivity index (χ1v) is 11.0. The van der Waals surface area contributed by atoms with E-state index < -0.39 is 17.2 Å². The van der Waals surface area contributed by atoms with E-state index in [9.17, 15) is 9.90 Å². The molecule has 32 heavy (non-hydrogen) atoms. The minimum Gasteiger partial charge on any atom is -0.483 e. The van der Waals surface area contributed by atoms with Crippen LogP contribution in [0.25, 0.3) is 0 Å². The number of hydrogen-bond acceptors (Lipinski definition) is 8. The number of hydrogen-bond donors (Lipinski definition) is 3. The number of aryl methyl sites for hydroxylation is 2. The van der Waals surface area contributed by atoms with Crippen molar-refractivity contribution >= 4 is 18.2 Å². The van der Waals surface area contributed by atoms with Crippen molar-refractivity contribution in [2.45, 2.75) is 71.1 Å². The number of piperidine rings is 1. The number of amides is 1. The fourth-order valence-corrected chi connectivity index (χ4v) is 4.52. The molecular formula is C22H36N4O6. The van der Waals surface area contributed by atoms with Gasteiger partial charge in [-0.05, 0) is 53.9 Å². The van der Waals surface area contributed by atoms with E-state index in [1.807, 2.05) is 34.6 Å². The molecule has 180 valence electrons. The molecule has 0 bridgehead atoms. The number of nitrogens with zero attached hydrogens (tertiary/aromatic N) is 3. The van der Waals surface area contributed by atoms with Gasteiger partial charge < -0.3 is 29.9 Å². The number of nitrogens with one attached hydrogen (secondary N) is 1. The van der Waals surface area contributed by atoms with Gasteiger partial charge in [0.05, 0.1) is 11.1 Å². The molecule has 2 aliphatic heterocycles. The Hall–Kier alpha value is -2.30. The number of rotatable bonds is 5. The van der Waals surface area contributed by atoms with E-state index in [0.29, 0.717) is 32.5 Å². The maximum atomic E-state index is 12.2. The van der Waals surface area contributed by atoms with E-state index in [2.05, 4.69) is 20.2 Å². The Labute approximate surface area is 189 Å². The van der Waals surface area contributed by atoms with Gasteiger partial charge in [0.15, 0.2) is 0 Å². The zero-order valence-electron chi connectivity index (χ0n) is 19.7. The van der Waals surface area contributed by atoms with Gasteiger partial charge in [-0.1, -0.05) is 0 Å². The van der Waals surface area contributed by atoms with Crippen LogP contribution in [0.1, 0.15) is 50.2 Å². The summed E-state index contributed by atoms with van der Waals surface area (Å²) in [6.45, 7) is 11.9. The smallest absolute Gasteiger partial charge is 0.290 e. The summed E-state index contributed by atoms with van der Waals surface area (Å²) in [7, 11) is 0. The minimum absolute atomic E-state index is 0.00609. The molecule has 1 amide bonds. The van der Waals surface area contributed by atoms with Crippen molar-refractivity contribution in [3.63, 3.8) is 0 Å². The molecule has 3 rings (SSSR count). The molecule has 2 fully saturated rings. The van der Waals surface area contributed by atoms with Gasteiger partial charge in [0.1, 0.15) is 24.4 Å². The molecule has 0 aliphatic carbocycles. The van der Waals surface area contributed by atoms with Gasteiger partial charge in [-0.15, -0.1) is 0 Å². The number of anilines is 1. The van der Waals surface area contributed by atoms with Gasteiger partial charge in [0.2, 0.25) is 5.91 Å². The molecule has 0 radical (unpaired) electrons. The third-order valence-electron chi connectivity index (χ3n) is 6.36. The van der Waals surface area contributed by atoms with Gasteiger partial charge in [0.25, 0.3) is 6.47 Å². The van der Waals surface area contributed by atoms with Crippen LogP contribution in [-0.4, -0.2) is 82.7 Å². The number of aliphatic hydroxyl groups excluding tert-OH is 1. The number of carbonyl (C=O) groups is 2. The number of ether oxygens (including phenoxy) is 2. The van der Waals surface area contributed by atoms with Gasteiger partial charge >= 0.3 is 0 Å². The van der Waals surface area contributed by atoms with Crippen molar-refractivity contribution in [3.05, 3.63) is 17.1 Å². The lowest BCUT2D eigenvalue weighted by atomic mass is 9.73. The molecule has 2 saturated heterocycles. The second-order valence-corrected chi connectivity index (χ2v) is 8.57. The normalized spacial score (nSPS) is 24.4. The zero-order valence-corrected chi connectivity index (χ0v) is 19.7. The summed E-state index contributed by atoms with van der Waals surface area (Å²) in [4.78, 5) is 31.9. The Balaban J connectivity index is 0.00000114. The molecule has 10 nitrogen and oxygen atoms in total. The van der Waals surface area contributed by atoms with Crippen molar-refractivity contribution in [1.82, 2.24) is 15.3 Å². The van der Waals surface area contributed by atoms with Crippen molar-refractivity contribution in [2.75, 3.05) is 37.8 Å². The van der Waals surface area contributed by atoms with Crippen LogP contribution < -0.4 is 10.2 Å². The quantitative estimate of drug-likeness (QED) is 0.562. The van der Waals surface area contributed by atoms with E-state index in [1.54, 1.807) is 0 Å². The van der Waals surface area contributed by atoms with Gasteiger partial charge in [0, 0.05) is 37.6 Å². The molecule has 2 aliphatic rings. The van der Waals surface area contributed by atoms with Crippen LogP contribution in [0.5, 0.6) is 0 Å². The van der Waals surface area contributed by atoms with Crippen LogP contribution in [0.15, 0.2) is 0 Å². The third-order valence-corrected chi connectivity index (χ3v) is 6.36. The fourth-order valence-electron chi connectivity index (χ4n) is 4.52. The highest BCUT2D eigenvalue weighted by molar-refractivity contribution is 5.78. The summed E-state index contributed by atoms with van der Waals surface area (Å²) in [6, 6.07) is 0. The summed E-state index contributed by atoms with van der Waals surface area (Å²) in [5.74, 6) is 1.52. The average Bonchev–Trinajstić information content (AvgIpc) is 2.74. The van der Waals surface area contributed by atoms with Gasteiger partial charge in [-0.3, -0.25) is 9.59 Å². The summed E-state index contributed by atoms with van der Waals surface area (Å²) in [5, 5.41) is 21.1. The van der Waals surface area contributed by atoms with Gasteiger partial charge in [-0.2, -0.15) is 0 Å². The first kappa shape index (κ1) is 26.0. The highest BCUT2D eigenvalue weighted by Gasteiger charge is 2.54. The molecule has 2 atom stereocenters. The van der Waals surface area contributed by atoms with Gasteiger partial charge in [-0.25, -0.2) is 9.97 Å². The highest BCUT2D eigenvalue weighted by Crippen LogP contribution is 2.41. The largest absolute Gasteiger partial charge is 0.483 e. The predicted octanol–water partition coefficient (Wildman–Crippen LogP) is 1.13. The molecular weight excluding hydrogens is 416 g/mol. The monoisotopic (exact) mass is 452 g/mol. The van der Waals surface area contributed by atoms with E-state index in [1.165, 1.54) is 0 Å². The number of aromatic nitrogens is 2. The third kappa shape index (κ3) is 5.73. The Bertz CT molecular complexity index is 797. The molecule has 1 aromatic heterocycles. The Morgan fingerprint density at radius 2 is 1.91 bits per heavy atom. The molecule has 3 N–H and O–H groups in total. The Morgan fingerprint density at radius 1 is 1.28 bits per heavy atom. The van der Waals surface area contributed by atoms with Crippen LogP contribution in [-0.2, 0) is 19.1 Å². The van der Waals surface area contributed by atoms with Crippen LogP contribution in [0.4, 0.5) is 5.82 Å². The molecule has 3 heterocycles. The first-order valence-electron chi connectivity index (χ1n) is 11.0. The molecule has 0 aromatic carbocycles. The van der Waals surface area contributed by atoms with Crippen LogP contribution in [0.3, 0.4) is 0 Å². The molecule has 1 spiro atoms. The number of aliphatic hydroxyl groups is 1. The maximum absolute atomic E-state index is 12.2. The van der Waals surface area contributed by atoms with Crippen LogP contribution >= 0.6 is 0 Å². The second-order valence-electron chi connectivity index (χ2n) is 8.57. The fraction of sp³-hybridized carbons (Fsp3) is 0.727. The van der Waals surface area contributed by atoms with Crippen molar-refractivity contribution in [2.24, 2.45) is 0 Å². The van der Waals surface area contributed by atoms with E-state index in [4.69, 9.17) is 19.4 Å². The Morgan fingerprint density at radius 3 is 2.50 bits per heavy atom.